The Bertz CT molecular complexity index is 1460. The molecule has 0 fully saturated rings. The van der Waals surface area contributed by atoms with Crippen LogP contribution in [0.2, 0.25) is 15.1 Å². The summed E-state index contributed by atoms with van der Waals surface area (Å²) < 4.78 is 28.7. The Morgan fingerprint density at radius 2 is 1.56 bits per heavy atom. The molecule has 3 rings (SSSR count). The Hall–Kier alpha value is -2.78. The maximum atomic E-state index is 13.9. The number of likely N-dealkylation sites (N-methyl/N-ethyl adjacent to an activating group) is 1. The van der Waals surface area contributed by atoms with E-state index < -0.39 is 28.5 Å². The second-order valence-electron chi connectivity index (χ2n) is 9.07. The molecular weight excluding hydrogens is 581 g/mol. The number of benzene rings is 3. The summed E-state index contributed by atoms with van der Waals surface area (Å²) in [6, 6.07) is 14.9. The van der Waals surface area contributed by atoms with Crippen LogP contribution in [0.4, 0.5) is 5.69 Å². The van der Waals surface area contributed by atoms with Crippen molar-refractivity contribution in [1.82, 2.24) is 10.2 Å². The minimum absolute atomic E-state index is 0.00970. The van der Waals surface area contributed by atoms with E-state index in [1.165, 1.54) is 29.2 Å². The van der Waals surface area contributed by atoms with Gasteiger partial charge in [0.15, 0.2) is 0 Å². The fraction of sp³-hybridized carbons (Fsp3) is 0.286. The van der Waals surface area contributed by atoms with Gasteiger partial charge in [0, 0.05) is 18.1 Å². The van der Waals surface area contributed by atoms with E-state index in [1.54, 1.807) is 50.2 Å². The van der Waals surface area contributed by atoms with Gasteiger partial charge in [-0.05, 0) is 92.9 Å². The highest BCUT2D eigenvalue weighted by Gasteiger charge is 2.32. The Morgan fingerprint density at radius 1 is 0.897 bits per heavy atom. The predicted molar refractivity (Wildman–Crippen MR) is 157 cm³/mol. The summed E-state index contributed by atoms with van der Waals surface area (Å²) in [5.74, 6) is -0.945. The van der Waals surface area contributed by atoms with E-state index in [2.05, 4.69) is 5.32 Å². The molecule has 1 atom stereocenters. The molecule has 2 amide bonds. The number of amides is 2. The normalized spacial score (nSPS) is 12.1. The molecule has 0 heterocycles. The van der Waals surface area contributed by atoms with Gasteiger partial charge < -0.3 is 10.2 Å². The lowest BCUT2D eigenvalue weighted by molar-refractivity contribution is -0.139. The smallest absolute Gasteiger partial charge is 0.264 e. The molecule has 0 aliphatic rings. The molecule has 0 radical (unpaired) electrons. The van der Waals surface area contributed by atoms with Crippen LogP contribution in [0.5, 0.6) is 0 Å². The highest BCUT2D eigenvalue weighted by molar-refractivity contribution is 7.92. The van der Waals surface area contributed by atoms with Crippen LogP contribution >= 0.6 is 34.8 Å². The van der Waals surface area contributed by atoms with Crippen LogP contribution < -0.4 is 9.62 Å². The average molecular weight is 611 g/mol. The first kappa shape index (κ1) is 30.8. The first-order valence-corrected chi connectivity index (χ1v) is 14.8. The summed E-state index contributed by atoms with van der Waals surface area (Å²) in [5, 5.41) is 3.76. The quantitative estimate of drug-likeness (QED) is 0.305. The second kappa shape index (κ2) is 13.0. The van der Waals surface area contributed by atoms with E-state index in [1.807, 2.05) is 13.8 Å². The number of hydrogen-bond acceptors (Lipinski definition) is 4. The van der Waals surface area contributed by atoms with Gasteiger partial charge in [-0.3, -0.25) is 13.9 Å². The molecule has 7 nitrogen and oxygen atoms in total. The van der Waals surface area contributed by atoms with Crippen molar-refractivity contribution in [2.75, 3.05) is 17.4 Å². The lowest BCUT2D eigenvalue weighted by atomic mass is 10.1. The van der Waals surface area contributed by atoms with Crippen molar-refractivity contribution in [2.45, 2.75) is 45.2 Å². The van der Waals surface area contributed by atoms with Crippen LogP contribution in [0.1, 0.15) is 30.5 Å². The van der Waals surface area contributed by atoms with Gasteiger partial charge in [0.05, 0.1) is 20.6 Å². The highest BCUT2D eigenvalue weighted by Crippen LogP contribution is 2.28. The number of carbonyl (C=O) groups excluding carboxylic acids is 2. The topological polar surface area (TPSA) is 86.8 Å². The van der Waals surface area contributed by atoms with Crippen LogP contribution in [0.25, 0.3) is 0 Å². The summed E-state index contributed by atoms with van der Waals surface area (Å²) in [6.07, 6.45) is 0. The number of hydrogen-bond donors (Lipinski definition) is 1. The highest BCUT2D eigenvalue weighted by atomic mass is 35.5. The zero-order chi connectivity index (χ0) is 28.9. The number of anilines is 1. The molecule has 1 N–H and O–H groups in total. The third kappa shape index (κ3) is 7.45. The van der Waals surface area contributed by atoms with Crippen LogP contribution in [0.3, 0.4) is 0 Å². The molecule has 3 aromatic carbocycles. The van der Waals surface area contributed by atoms with Crippen molar-refractivity contribution in [3.63, 3.8) is 0 Å². The van der Waals surface area contributed by atoms with Crippen molar-refractivity contribution in [1.29, 1.82) is 0 Å². The lowest BCUT2D eigenvalue weighted by Gasteiger charge is -2.32. The van der Waals surface area contributed by atoms with Gasteiger partial charge in [-0.25, -0.2) is 8.42 Å². The van der Waals surface area contributed by atoms with Gasteiger partial charge in [-0.2, -0.15) is 0 Å². The maximum absolute atomic E-state index is 13.9. The van der Waals surface area contributed by atoms with Gasteiger partial charge in [-0.15, -0.1) is 0 Å². The summed E-state index contributed by atoms with van der Waals surface area (Å²) >= 11 is 18.2. The molecular formula is C28H30Cl3N3O4S. The lowest BCUT2D eigenvalue weighted by Crippen LogP contribution is -2.51. The number of aryl methyl sites for hydroxylation is 2. The summed E-state index contributed by atoms with van der Waals surface area (Å²) in [5.41, 5.74) is 2.79. The molecule has 0 spiro atoms. The molecule has 0 saturated carbocycles. The largest absolute Gasteiger partial charge is 0.355 e. The third-order valence-electron chi connectivity index (χ3n) is 6.31. The molecule has 0 unspecified atom stereocenters. The van der Waals surface area contributed by atoms with Crippen LogP contribution in [-0.4, -0.2) is 44.3 Å². The molecule has 0 bridgehead atoms. The SMILES string of the molecule is CCNC(=O)[C@H](C)N(Cc1ccc(Cl)c(Cl)c1)C(=O)CN(c1ccc(C)c(C)c1)S(=O)(=O)c1ccc(Cl)cc1. The van der Waals surface area contributed by atoms with Crippen molar-refractivity contribution < 1.29 is 18.0 Å². The number of rotatable bonds is 10. The van der Waals surface area contributed by atoms with Crippen LogP contribution in [0, 0.1) is 13.8 Å². The zero-order valence-electron chi connectivity index (χ0n) is 22.0. The van der Waals surface area contributed by atoms with E-state index in [0.29, 0.717) is 32.9 Å². The van der Waals surface area contributed by atoms with Crippen LogP contribution in [0.15, 0.2) is 65.6 Å². The van der Waals surface area contributed by atoms with Gasteiger partial charge in [0.25, 0.3) is 10.0 Å². The fourth-order valence-corrected chi connectivity index (χ4v) is 5.74. The number of nitrogens with zero attached hydrogens (tertiary/aromatic N) is 2. The number of halogens is 3. The van der Waals surface area contributed by atoms with Gasteiger partial charge in [0.1, 0.15) is 12.6 Å². The van der Waals surface area contributed by atoms with Gasteiger partial charge in [-0.1, -0.05) is 46.9 Å². The predicted octanol–water partition coefficient (Wildman–Crippen LogP) is 6.01. The fourth-order valence-electron chi connectivity index (χ4n) is 3.88. The maximum Gasteiger partial charge on any atom is 0.264 e. The molecule has 0 aromatic heterocycles. The minimum atomic E-state index is -4.18. The van der Waals surface area contributed by atoms with Crippen molar-refractivity contribution >= 4 is 62.3 Å². The third-order valence-corrected chi connectivity index (χ3v) is 9.09. The summed E-state index contributed by atoms with van der Waals surface area (Å²) in [4.78, 5) is 28.0. The molecule has 11 heteroatoms. The summed E-state index contributed by atoms with van der Waals surface area (Å²) in [7, 11) is -4.18. The van der Waals surface area contributed by atoms with Gasteiger partial charge >= 0.3 is 0 Å². The second-order valence-corrected chi connectivity index (χ2v) is 12.2. The monoisotopic (exact) mass is 609 g/mol. The van der Waals surface area contributed by atoms with E-state index in [-0.39, 0.29) is 17.3 Å². The molecule has 3 aromatic rings. The van der Waals surface area contributed by atoms with E-state index in [0.717, 1.165) is 15.4 Å². The number of sulfonamides is 1. The molecule has 208 valence electrons. The number of carbonyl (C=O) groups is 2. The van der Waals surface area contributed by atoms with E-state index in [9.17, 15) is 18.0 Å². The molecule has 0 aliphatic carbocycles. The Balaban J connectivity index is 2.06. The van der Waals surface area contributed by atoms with E-state index >= 15 is 0 Å². The first-order valence-electron chi connectivity index (χ1n) is 12.2. The standard InChI is InChI=1S/C28H30Cl3N3O4S/c1-5-32-28(36)20(4)33(16-21-7-13-25(30)26(31)15-21)27(35)17-34(23-10-6-18(2)19(3)14-23)39(37,38)24-11-8-22(29)9-12-24/h6-15,20H,5,16-17H2,1-4H3,(H,32,36)/t20-/m0/s1. The zero-order valence-corrected chi connectivity index (χ0v) is 25.1. The van der Waals surface area contributed by atoms with Gasteiger partial charge in [0.2, 0.25) is 11.8 Å². The minimum Gasteiger partial charge on any atom is -0.355 e. The molecule has 39 heavy (non-hydrogen) atoms. The van der Waals surface area contributed by atoms with E-state index in [4.69, 9.17) is 34.8 Å². The molecule has 0 aliphatic heterocycles. The Kier molecular flexibility index (Phi) is 10.3. The van der Waals surface area contributed by atoms with Crippen molar-refractivity contribution in [2.24, 2.45) is 0 Å². The van der Waals surface area contributed by atoms with Crippen molar-refractivity contribution in [3.05, 3.63) is 92.4 Å². The Labute approximate surface area is 244 Å². The summed E-state index contributed by atoms with van der Waals surface area (Å²) in [6.45, 7) is 6.98. The first-order chi connectivity index (χ1) is 18.3. The Morgan fingerprint density at radius 3 is 2.15 bits per heavy atom. The number of nitrogens with one attached hydrogen (secondary N) is 1. The van der Waals surface area contributed by atoms with Crippen molar-refractivity contribution in [3.8, 4) is 0 Å². The molecule has 0 saturated heterocycles. The van der Waals surface area contributed by atoms with Crippen LogP contribution in [-0.2, 0) is 26.2 Å². The average Bonchev–Trinajstić information content (AvgIpc) is 2.89.